The van der Waals surface area contributed by atoms with Crippen LogP contribution in [0.25, 0.3) is 11.4 Å². The van der Waals surface area contributed by atoms with Gasteiger partial charge in [-0.1, -0.05) is 0 Å². The Labute approximate surface area is 170 Å². The van der Waals surface area contributed by atoms with E-state index in [1.807, 2.05) is 4.90 Å². The van der Waals surface area contributed by atoms with Gasteiger partial charge in [0.25, 0.3) is 5.95 Å². The molecule has 3 aromatic rings. The van der Waals surface area contributed by atoms with Gasteiger partial charge in [-0.15, -0.1) is 0 Å². The summed E-state index contributed by atoms with van der Waals surface area (Å²) in [6.45, 7) is 1.00. The van der Waals surface area contributed by atoms with Crippen LogP contribution in [0.1, 0.15) is 30.3 Å². The van der Waals surface area contributed by atoms with Crippen LogP contribution in [0, 0.1) is 0 Å². The van der Waals surface area contributed by atoms with E-state index >= 15 is 0 Å². The van der Waals surface area contributed by atoms with Crippen LogP contribution in [-0.4, -0.2) is 52.3 Å². The molecule has 11 heteroatoms. The van der Waals surface area contributed by atoms with Gasteiger partial charge in [-0.3, -0.25) is 4.98 Å². The first-order valence-electron chi connectivity index (χ1n) is 9.44. The molecule has 4 rings (SSSR count). The van der Waals surface area contributed by atoms with Crippen molar-refractivity contribution in [3.8, 4) is 11.4 Å². The van der Waals surface area contributed by atoms with Crippen molar-refractivity contribution < 1.29 is 17.7 Å². The minimum atomic E-state index is -4.59. The molecule has 0 saturated carbocycles. The van der Waals surface area contributed by atoms with E-state index in [2.05, 4.69) is 25.1 Å². The number of hydrogen-bond acceptors (Lipinski definition) is 8. The Balaban J connectivity index is 1.66. The molecule has 1 saturated heterocycles. The topological polar surface area (TPSA) is 84.1 Å². The lowest BCUT2D eigenvalue weighted by atomic mass is 9.98. The fourth-order valence-electron chi connectivity index (χ4n) is 3.33. The van der Waals surface area contributed by atoms with Gasteiger partial charge in [0.1, 0.15) is 5.82 Å². The Morgan fingerprint density at radius 2 is 2.03 bits per heavy atom. The molecule has 4 heterocycles. The second kappa shape index (κ2) is 7.88. The van der Waals surface area contributed by atoms with Crippen molar-refractivity contribution in [2.75, 3.05) is 37.0 Å². The highest BCUT2D eigenvalue weighted by atomic mass is 19.4. The molecule has 1 atom stereocenters. The van der Waals surface area contributed by atoms with E-state index in [1.54, 1.807) is 37.3 Å². The highest BCUT2D eigenvalue weighted by Gasteiger charge is 2.35. The zero-order chi connectivity index (χ0) is 21.3. The monoisotopic (exact) mass is 419 g/mol. The van der Waals surface area contributed by atoms with Crippen molar-refractivity contribution in [3.05, 3.63) is 42.2 Å². The largest absolute Gasteiger partial charge is 0.433 e. The minimum Gasteiger partial charge on any atom is -0.356 e. The number of halogens is 3. The second-order valence-electron chi connectivity index (χ2n) is 7.29. The van der Waals surface area contributed by atoms with Gasteiger partial charge in [0.05, 0.1) is 5.92 Å². The lowest BCUT2D eigenvalue weighted by Crippen LogP contribution is -2.35. The second-order valence-corrected chi connectivity index (χ2v) is 7.29. The molecule has 30 heavy (non-hydrogen) atoms. The number of rotatable bonds is 4. The minimum absolute atomic E-state index is 0.0114. The third-order valence-corrected chi connectivity index (χ3v) is 4.85. The molecule has 0 aliphatic carbocycles. The standard InChI is InChI=1S/C19H20F3N7O/c1-28(2)18-26-17(30-27-18)13-6-4-8-29(11-13)15-9-14(19(20,21)22)24-16(25-15)12-5-3-7-23-10-12/h3,5,7,9-10,13H,4,6,8,11H2,1-2H3. The van der Waals surface area contributed by atoms with E-state index in [0.29, 0.717) is 30.5 Å². The Bertz CT molecular complexity index is 1010. The maximum absolute atomic E-state index is 13.5. The van der Waals surface area contributed by atoms with E-state index < -0.39 is 11.9 Å². The Morgan fingerprint density at radius 3 is 2.70 bits per heavy atom. The summed E-state index contributed by atoms with van der Waals surface area (Å²) in [7, 11) is 3.61. The lowest BCUT2D eigenvalue weighted by Gasteiger charge is -2.32. The van der Waals surface area contributed by atoms with Crippen LogP contribution in [0.5, 0.6) is 0 Å². The SMILES string of the molecule is CN(C)c1noc(C2CCCN(c3cc(C(F)(F)F)nc(-c4cccnc4)n3)C2)n1. The number of pyridine rings is 1. The fraction of sp³-hybridized carbons (Fsp3) is 0.421. The van der Waals surface area contributed by atoms with Crippen molar-refractivity contribution in [1.29, 1.82) is 0 Å². The van der Waals surface area contributed by atoms with Gasteiger partial charge in [0.15, 0.2) is 11.5 Å². The summed E-state index contributed by atoms with van der Waals surface area (Å²) in [5, 5.41) is 3.93. The Kier molecular flexibility index (Phi) is 5.27. The summed E-state index contributed by atoms with van der Waals surface area (Å²) in [4.78, 5) is 20.0. The number of hydrogen-bond donors (Lipinski definition) is 0. The fourth-order valence-corrected chi connectivity index (χ4v) is 3.33. The van der Waals surface area contributed by atoms with Crippen LogP contribution in [0.4, 0.5) is 24.9 Å². The highest BCUT2D eigenvalue weighted by Crippen LogP contribution is 2.34. The highest BCUT2D eigenvalue weighted by molar-refractivity contribution is 5.57. The van der Waals surface area contributed by atoms with Crippen LogP contribution >= 0.6 is 0 Å². The van der Waals surface area contributed by atoms with E-state index in [-0.39, 0.29) is 17.6 Å². The van der Waals surface area contributed by atoms with Crippen molar-refractivity contribution in [2.24, 2.45) is 0 Å². The molecule has 0 amide bonds. The van der Waals surface area contributed by atoms with Crippen molar-refractivity contribution in [2.45, 2.75) is 24.9 Å². The Hall–Kier alpha value is -3.24. The smallest absolute Gasteiger partial charge is 0.356 e. The molecule has 0 bridgehead atoms. The van der Waals surface area contributed by atoms with Gasteiger partial charge in [-0.25, -0.2) is 9.97 Å². The predicted molar refractivity (Wildman–Crippen MR) is 103 cm³/mol. The molecule has 0 aromatic carbocycles. The lowest BCUT2D eigenvalue weighted by molar-refractivity contribution is -0.141. The van der Waals surface area contributed by atoms with Crippen molar-refractivity contribution in [3.63, 3.8) is 0 Å². The number of anilines is 2. The van der Waals surface area contributed by atoms with E-state index in [4.69, 9.17) is 4.52 Å². The van der Waals surface area contributed by atoms with E-state index in [9.17, 15) is 13.2 Å². The normalized spacial score (nSPS) is 17.2. The summed E-state index contributed by atoms with van der Waals surface area (Å²) >= 11 is 0. The maximum Gasteiger partial charge on any atom is 0.433 e. The zero-order valence-electron chi connectivity index (χ0n) is 16.5. The molecule has 0 radical (unpaired) electrons. The van der Waals surface area contributed by atoms with Gasteiger partial charge in [0.2, 0.25) is 5.89 Å². The van der Waals surface area contributed by atoms with Gasteiger partial charge in [0, 0.05) is 51.2 Å². The molecular formula is C19H20F3N7O. The summed E-state index contributed by atoms with van der Waals surface area (Å²) in [5.74, 6) is 1.05. The van der Waals surface area contributed by atoms with Gasteiger partial charge in [-0.2, -0.15) is 18.2 Å². The summed E-state index contributed by atoms with van der Waals surface area (Å²) in [6.07, 6.45) is -0.0355. The van der Waals surface area contributed by atoms with Crippen LogP contribution in [0.2, 0.25) is 0 Å². The number of aromatic nitrogens is 5. The molecule has 1 aliphatic heterocycles. The van der Waals surface area contributed by atoms with E-state index in [0.717, 1.165) is 18.9 Å². The van der Waals surface area contributed by atoms with Crippen molar-refractivity contribution >= 4 is 11.8 Å². The first kappa shape index (κ1) is 20.0. The zero-order valence-corrected chi connectivity index (χ0v) is 16.5. The average Bonchev–Trinajstić information content (AvgIpc) is 3.24. The number of nitrogens with zero attached hydrogens (tertiary/aromatic N) is 7. The van der Waals surface area contributed by atoms with Gasteiger partial charge in [-0.05, 0) is 30.1 Å². The van der Waals surface area contributed by atoms with Gasteiger partial charge >= 0.3 is 6.18 Å². The molecule has 0 spiro atoms. The predicted octanol–water partition coefficient (Wildman–Crippen LogP) is 3.39. The third-order valence-electron chi connectivity index (χ3n) is 4.85. The number of alkyl halides is 3. The molecule has 1 aliphatic rings. The summed E-state index contributed by atoms with van der Waals surface area (Å²) in [5.41, 5.74) is -0.563. The van der Waals surface area contributed by atoms with Gasteiger partial charge < -0.3 is 14.3 Å². The molecule has 8 nitrogen and oxygen atoms in total. The average molecular weight is 419 g/mol. The quantitative estimate of drug-likeness (QED) is 0.636. The molecule has 158 valence electrons. The van der Waals surface area contributed by atoms with Crippen molar-refractivity contribution in [1.82, 2.24) is 25.1 Å². The molecular weight excluding hydrogens is 399 g/mol. The third kappa shape index (κ3) is 4.19. The molecule has 3 aromatic heterocycles. The number of piperidine rings is 1. The summed E-state index contributed by atoms with van der Waals surface area (Å²) in [6, 6.07) is 4.25. The molecule has 1 fully saturated rings. The maximum atomic E-state index is 13.5. The van der Waals surface area contributed by atoms with Crippen LogP contribution in [0.3, 0.4) is 0 Å². The Morgan fingerprint density at radius 1 is 1.20 bits per heavy atom. The summed E-state index contributed by atoms with van der Waals surface area (Å²) < 4.78 is 45.8. The van der Waals surface area contributed by atoms with Crippen LogP contribution in [-0.2, 0) is 6.18 Å². The first-order valence-corrected chi connectivity index (χ1v) is 9.44. The van der Waals surface area contributed by atoms with Crippen LogP contribution in [0.15, 0.2) is 35.1 Å². The first-order chi connectivity index (χ1) is 14.3. The molecule has 0 N–H and O–H groups in total. The van der Waals surface area contributed by atoms with Crippen LogP contribution < -0.4 is 9.80 Å². The van der Waals surface area contributed by atoms with E-state index in [1.165, 1.54) is 6.20 Å². The molecule has 1 unspecified atom stereocenters.